The maximum absolute atomic E-state index is 11.5. The van der Waals surface area contributed by atoms with Crippen molar-refractivity contribution >= 4 is 17.5 Å². The van der Waals surface area contributed by atoms with Gasteiger partial charge in [0.1, 0.15) is 17.5 Å². The second-order valence-corrected chi connectivity index (χ2v) is 6.02. The number of carbonyl (C=O) groups is 1. The quantitative estimate of drug-likeness (QED) is 0.871. The van der Waals surface area contributed by atoms with Crippen molar-refractivity contribution in [2.24, 2.45) is 5.92 Å². The van der Waals surface area contributed by atoms with Crippen molar-refractivity contribution in [2.75, 3.05) is 23.7 Å². The highest BCUT2D eigenvalue weighted by Gasteiger charge is 2.34. The SMILES string of the molecule is CCCc1nc(N)cc(N2CCC3NC(=O)CCC3C2)n1. The molecule has 0 spiro atoms. The summed E-state index contributed by atoms with van der Waals surface area (Å²) in [6, 6.07) is 2.19. The molecule has 0 bridgehead atoms. The fraction of sp³-hybridized carbons (Fsp3) is 0.667. The second kappa shape index (κ2) is 5.87. The Kier molecular flexibility index (Phi) is 3.94. The van der Waals surface area contributed by atoms with E-state index in [0.29, 0.717) is 24.2 Å². The van der Waals surface area contributed by atoms with Gasteiger partial charge < -0.3 is 16.0 Å². The molecule has 2 unspecified atom stereocenters. The number of nitrogens with zero attached hydrogens (tertiary/aromatic N) is 3. The number of nitrogens with two attached hydrogens (primary N) is 1. The maximum atomic E-state index is 11.5. The first-order valence-electron chi connectivity index (χ1n) is 7.83. The monoisotopic (exact) mass is 289 g/mol. The number of fused-ring (bicyclic) bond motifs is 1. The van der Waals surface area contributed by atoms with Crippen LogP contribution in [0, 0.1) is 5.92 Å². The van der Waals surface area contributed by atoms with Crippen molar-refractivity contribution in [3.05, 3.63) is 11.9 Å². The first-order valence-corrected chi connectivity index (χ1v) is 7.83. The van der Waals surface area contributed by atoms with Gasteiger partial charge in [-0.05, 0) is 25.2 Å². The zero-order chi connectivity index (χ0) is 14.8. The molecule has 2 atom stereocenters. The Balaban J connectivity index is 1.74. The zero-order valence-electron chi connectivity index (χ0n) is 12.5. The first kappa shape index (κ1) is 14.1. The molecule has 2 saturated heterocycles. The minimum absolute atomic E-state index is 0.196. The molecule has 0 saturated carbocycles. The summed E-state index contributed by atoms with van der Waals surface area (Å²) in [5, 5.41) is 3.11. The number of nitrogen functional groups attached to an aromatic ring is 1. The Morgan fingerprint density at radius 3 is 3.10 bits per heavy atom. The van der Waals surface area contributed by atoms with Crippen molar-refractivity contribution in [2.45, 2.75) is 45.1 Å². The van der Waals surface area contributed by atoms with E-state index in [1.807, 2.05) is 6.07 Å². The Labute approximate surface area is 125 Å². The van der Waals surface area contributed by atoms with Gasteiger partial charge in [0, 0.05) is 38.0 Å². The summed E-state index contributed by atoms with van der Waals surface area (Å²) >= 11 is 0. The van der Waals surface area contributed by atoms with Gasteiger partial charge in [-0.25, -0.2) is 9.97 Å². The van der Waals surface area contributed by atoms with E-state index in [0.717, 1.165) is 50.4 Å². The van der Waals surface area contributed by atoms with Crippen LogP contribution < -0.4 is 16.0 Å². The van der Waals surface area contributed by atoms with Gasteiger partial charge in [0.15, 0.2) is 0 Å². The number of piperidine rings is 2. The molecule has 3 rings (SSSR count). The number of nitrogens with one attached hydrogen (secondary N) is 1. The molecule has 3 N–H and O–H groups in total. The third-order valence-electron chi connectivity index (χ3n) is 4.40. The van der Waals surface area contributed by atoms with Gasteiger partial charge in [0.05, 0.1) is 0 Å². The molecule has 0 aliphatic carbocycles. The lowest BCUT2D eigenvalue weighted by Gasteiger charge is -2.41. The van der Waals surface area contributed by atoms with E-state index in [4.69, 9.17) is 5.73 Å². The molecular formula is C15H23N5O. The zero-order valence-corrected chi connectivity index (χ0v) is 12.5. The molecule has 3 heterocycles. The van der Waals surface area contributed by atoms with Crippen LogP contribution in [-0.2, 0) is 11.2 Å². The minimum atomic E-state index is 0.196. The molecule has 0 radical (unpaired) electrons. The van der Waals surface area contributed by atoms with Gasteiger partial charge in [0.25, 0.3) is 0 Å². The summed E-state index contributed by atoms with van der Waals surface area (Å²) in [5.74, 6) is 3.01. The van der Waals surface area contributed by atoms with E-state index in [1.54, 1.807) is 0 Å². The highest BCUT2D eigenvalue weighted by molar-refractivity contribution is 5.77. The smallest absolute Gasteiger partial charge is 0.220 e. The van der Waals surface area contributed by atoms with Crippen molar-refractivity contribution in [1.82, 2.24) is 15.3 Å². The highest BCUT2D eigenvalue weighted by atomic mass is 16.1. The molecule has 1 amide bonds. The van der Waals surface area contributed by atoms with E-state index in [9.17, 15) is 4.79 Å². The Morgan fingerprint density at radius 1 is 1.43 bits per heavy atom. The van der Waals surface area contributed by atoms with Crippen LogP contribution in [0.25, 0.3) is 0 Å². The van der Waals surface area contributed by atoms with Crippen LogP contribution in [0.1, 0.15) is 38.4 Å². The van der Waals surface area contributed by atoms with Gasteiger partial charge in [-0.1, -0.05) is 6.92 Å². The summed E-state index contributed by atoms with van der Waals surface area (Å²) in [6.45, 7) is 3.96. The third kappa shape index (κ3) is 3.09. The highest BCUT2D eigenvalue weighted by Crippen LogP contribution is 2.28. The average molecular weight is 289 g/mol. The van der Waals surface area contributed by atoms with E-state index in [-0.39, 0.29) is 5.91 Å². The van der Waals surface area contributed by atoms with E-state index >= 15 is 0 Å². The maximum Gasteiger partial charge on any atom is 0.220 e. The molecule has 2 aliphatic heterocycles. The van der Waals surface area contributed by atoms with Crippen LogP contribution in [0.4, 0.5) is 11.6 Å². The molecule has 1 aromatic rings. The molecule has 1 aromatic heterocycles. The normalized spacial score (nSPS) is 25.4. The Bertz CT molecular complexity index is 533. The number of hydrogen-bond donors (Lipinski definition) is 2. The van der Waals surface area contributed by atoms with Gasteiger partial charge in [-0.15, -0.1) is 0 Å². The summed E-state index contributed by atoms with van der Waals surface area (Å²) < 4.78 is 0. The fourth-order valence-electron chi connectivity index (χ4n) is 3.32. The molecule has 2 fully saturated rings. The molecule has 6 heteroatoms. The minimum Gasteiger partial charge on any atom is -0.384 e. The predicted octanol–water partition coefficient (Wildman–Crippen LogP) is 1.12. The third-order valence-corrected chi connectivity index (χ3v) is 4.40. The average Bonchev–Trinajstić information content (AvgIpc) is 2.46. The fourth-order valence-corrected chi connectivity index (χ4v) is 3.32. The first-order chi connectivity index (χ1) is 10.2. The van der Waals surface area contributed by atoms with Crippen LogP contribution in [0.15, 0.2) is 6.07 Å². The number of aryl methyl sites for hydroxylation is 1. The van der Waals surface area contributed by atoms with Crippen molar-refractivity contribution < 1.29 is 4.79 Å². The van der Waals surface area contributed by atoms with Gasteiger partial charge in [-0.2, -0.15) is 0 Å². The van der Waals surface area contributed by atoms with Gasteiger partial charge in [0.2, 0.25) is 5.91 Å². The standard InChI is InChI=1S/C15H23N5O/c1-2-3-13-18-12(16)8-14(19-13)20-7-6-11-10(9-20)4-5-15(21)17-11/h8,10-11H,2-7,9H2,1H3,(H,17,21)(H2,16,18,19). The molecular weight excluding hydrogens is 266 g/mol. The van der Waals surface area contributed by atoms with Gasteiger partial charge in [-0.3, -0.25) is 4.79 Å². The lowest BCUT2D eigenvalue weighted by molar-refractivity contribution is -0.124. The lowest BCUT2D eigenvalue weighted by atomic mass is 9.85. The van der Waals surface area contributed by atoms with Crippen LogP contribution in [0.2, 0.25) is 0 Å². The van der Waals surface area contributed by atoms with Crippen molar-refractivity contribution in [3.8, 4) is 0 Å². The van der Waals surface area contributed by atoms with E-state index in [1.165, 1.54) is 0 Å². The molecule has 114 valence electrons. The number of carbonyl (C=O) groups excluding carboxylic acids is 1. The molecule has 2 aliphatic rings. The summed E-state index contributed by atoms with van der Waals surface area (Å²) in [7, 11) is 0. The number of hydrogen-bond acceptors (Lipinski definition) is 5. The molecule has 6 nitrogen and oxygen atoms in total. The van der Waals surface area contributed by atoms with E-state index < -0.39 is 0 Å². The molecule has 21 heavy (non-hydrogen) atoms. The van der Waals surface area contributed by atoms with Gasteiger partial charge >= 0.3 is 0 Å². The van der Waals surface area contributed by atoms with Crippen molar-refractivity contribution in [1.29, 1.82) is 0 Å². The number of rotatable bonds is 3. The largest absolute Gasteiger partial charge is 0.384 e. The molecule has 0 aromatic carbocycles. The lowest BCUT2D eigenvalue weighted by Crippen LogP contribution is -2.54. The Morgan fingerprint density at radius 2 is 2.29 bits per heavy atom. The van der Waals surface area contributed by atoms with Crippen LogP contribution in [0.5, 0.6) is 0 Å². The van der Waals surface area contributed by atoms with E-state index in [2.05, 4.69) is 27.1 Å². The van der Waals surface area contributed by atoms with Crippen LogP contribution in [-0.4, -0.2) is 35.0 Å². The van der Waals surface area contributed by atoms with Crippen LogP contribution in [0.3, 0.4) is 0 Å². The van der Waals surface area contributed by atoms with Crippen molar-refractivity contribution in [3.63, 3.8) is 0 Å². The summed E-state index contributed by atoms with van der Waals surface area (Å²) in [6.07, 6.45) is 4.45. The van der Waals surface area contributed by atoms with Crippen LogP contribution >= 0.6 is 0 Å². The Hall–Kier alpha value is -1.85. The topological polar surface area (TPSA) is 84.1 Å². The predicted molar refractivity (Wildman–Crippen MR) is 81.9 cm³/mol. The number of anilines is 2. The summed E-state index contributed by atoms with van der Waals surface area (Å²) in [5.41, 5.74) is 5.91. The second-order valence-electron chi connectivity index (χ2n) is 6.02. The number of amides is 1. The summed E-state index contributed by atoms with van der Waals surface area (Å²) in [4.78, 5) is 22.7. The number of aromatic nitrogens is 2.